The molecule has 1 aromatic rings. The molecular formula is C19H33N3O. The maximum Gasteiger partial charge on any atom is 0.134 e. The number of hydrogen-bond donors (Lipinski definition) is 0. The Balaban J connectivity index is 1.55. The topological polar surface area (TPSA) is 30.3 Å². The molecule has 3 rings (SSSR count). The van der Waals surface area contributed by atoms with Crippen LogP contribution < -0.4 is 0 Å². The van der Waals surface area contributed by atoms with Gasteiger partial charge in [-0.3, -0.25) is 0 Å². The molecule has 0 spiro atoms. The molecule has 0 bridgehead atoms. The van der Waals surface area contributed by atoms with Crippen LogP contribution in [0.2, 0.25) is 0 Å². The third-order valence-electron chi connectivity index (χ3n) is 5.70. The molecule has 1 aromatic heterocycles. The molecule has 1 saturated heterocycles. The number of ether oxygens (including phenoxy) is 1. The zero-order valence-corrected chi connectivity index (χ0v) is 15.0. The first-order valence-electron chi connectivity index (χ1n) is 9.48. The van der Waals surface area contributed by atoms with Crippen LogP contribution in [-0.2, 0) is 17.9 Å². The van der Waals surface area contributed by atoms with Crippen molar-refractivity contribution in [3.8, 4) is 0 Å². The number of imidazole rings is 1. The first kappa shape index (κ1) is 17.0. The van der Waals surface area contributed by atoms with Crippen molar-refractivity contribution >= 4 is 0 Å². The van der Waals surface area contributed by atoms with Crippen molar-refractivity contribution in [2.75, 3.05) is 26.7 Å². The van der Waals surface area contributed by atoms with Crippen LogP contribution in [0.5, 0.6) is 0 Å². The predicted molar refractivity (Wildman–Crippen MR) is 93.4 cm³/mol. The maximum atomic E-state index is 5.30. The minimum absolute atomic E-state index is 0.617. The van der Waals surface area contributed by atoms with E-state index in [1.165, 1.54) is 70.3 Å². The lowest BCUT2D eigenvalue weighted by Crippen LogP contribution is -2.40. The largest absolute Gasteiger partial charge is 0.377 e. The van der Waals surface area contributed by atoms with Crippen molar-refractivity contribution in [1.29, 1.82) is 0 Å². The highest BCUT2D eigenvalue weighted by Crippen LogP contribution is 2.27. The summed E-state index contributed by atoms with van der Waals surface area (Å²) >= 11 is 0. The van der Waals surface area contributed by atoms with Gasteiger partial charge in [0.05, 0.1) is 0 Å². The van der Waals surface area contributed by atoms with E-state index < -0.39 is 0 Å². The molecule has 1 aliphatic heterocycles. The average molecular weight is 319 g/mol. The molecule has 4 heteroatoms. The van der Waals surface area contributed by atoms with Crippen molar-refractivity contribution in [2.24, 2.45) is 11.8 Å². The molecule has 1 unspecified atom stereocenters. The van der Waals surface area contributed by atoms with Crippen molar-refractivity contribution in [1.82, 2.24) is 14.5 Å². The third kappa shape index (κ3) is 4.57. The molecule has 2 fully saturated rings. The predicted octanol–water partition coefficient (Wildman–Crippen LogP) is 3.63. The Labute approximate surface area is 141 Å². The van der Waals surface area contributed by atoms with Gasteiger partial charge in [0.1, 0.15) is 12.4 Å². The fraction of sp³-hybridized carbons (Fsp3) is 0.842. The van der Waals surface area contributed by atoms with Gasteiger partial charge in [-0.05, 0) is 51.0 Å². The van der Waals surface area contributed by atoms with Gasteiger partial charge in [0.2, 0.25) is 0 Å². The Morgan fingerprint density at radius 1 is 1.09 bits per heavy atom. The van der Waals surface area contributed by atoms with E-state index in [0.717, 1.165) is 24.2 Å². The number of methoxy groups -OCH3 is 1. The molecule has 0 amide bonds. The van der Waals surface area contributed by atoms with Gasteiger partial charge in [-0.1, -0.05) is 19.3 Å². The number of aryl methyl sites for hydroxylation is 1. The number of likely N-dealkylation sites (tertiary alicyclic amines) is 1. The Bertz CT molecular complexity index is 479. The van der Waals surface area contributed by atoms with E-state index in [4.69, 9.17) is 4.74 Å². The number of nitrogens with zero attached hydrogens (tertiary/aromatic N) is 3. The van der Waals surface area contributed by atoms with Crippen LogP contribution in [0.15, 0.2) is 6.20 Å². The van der Waals surface area contributed by atoms with Crippen molar-refractivity contribution < 1.29 is 4.74 Å². The van der Waals surface area contributed by atoms with E-state index in [0.29, 0.717) is 6.61 Å². The van der Waals surface area contributed by atoms with E-state index in [1.807, 2.05) is 6.20 Å². The van der Waals surface area contributed by atoms with Crippen LogP contribution >= 0.6 is 0 Å². The van der Waals surface area contributed by atoms with Crippen LogP contribution in [0, 0.1) is 18.8 Å². The lowest BCUT2D eigenvalue weighted by Gasteiger charge is -2.36. The summed E-state index contributed by atoms with van der Waals surface area (Å²) in [7, 11) is 1.75. The molecule has 0 N–H and O–H groups in total. The second-order valence-corrected chi connectivity index (χ2v) is 7.63. The third-order valence-corrected chi connectivity index (χ3v) is 5.70. The molecule has 2 heterocycles. The van der Waals surface area contributed by atoms with Crippen molar-refractivity contribution in [3.63, 3.8) is 0 Å². The zero-order chi connectivity index (χ0) is 16.1. The summed E-state index contributed by atoms with van der Waals surface area (Å²) in [6.45, 7) is 7.79. The van der Waals surface area contributed by atoms with Gasteiger partial charge in [-0.15, -0.1) is 0 Å². The minimum Gasteiger partial charge on any atom is -0.377 e. The van der Waals surface area contributed by atoms with Gasteiger partial charge in [-0.25, -0.2) is 4.98 Å². The highest BCUT2D eigenvalue weighted by Gasteiger charge is 2.24. The normalized spacial score (nSPS) is 24.2. The number of rotatable bonds is 6. The van der Waals surface area contributed by atoms with E-state index in [1.54, 1.807) is 7.11 Å². The van der Waals surface area contributed by atoms with Gasteiger partial charge < -0.3 is 14.2 Å². The zero-order valence-electron chi connectivity index (χ0n) is 15.0. The van der Waals surface area contributed by atoms with Gasteiger partial charge in [0.25, 0.3) is 0 Å². The molecule has 1 aliphatic carbocycles. The smallest absolute Gasteiger partial charge is 0.134 e. The molecule has 4 nitrogen and oxygen atoms in total. The number of hydrogen-bond acceptors (Lipinski definition) is 3. The minimum atomic E-state index is 0.617. The van der Waals surface area contributed by atoms with Crippen LogP contribution in [0.1, 0.15) is 56.5 Å². The van der Waals surface area contributed by atoms with Gasteiger partial charge >= 0.3 is 0 Å². The molecular weight excluding hydrogens is 286 g/mol. The number of piperidine rings is 1. The summed E-state index contributed by atoms with van der Waals surface area (Å²) in [5, 5.41) is 0. The van der Waals surface area contributed by atoms with E-state index in [-0.39, 0.29) is 0 Å². The van der Waals surface area contributed by atoms with Gasteiger partial charge in [-0.2, -0.15) is 0 Å². The standard InChI is InChI=1S/C19H33N3O/c1-16-11-20-19(15-23-2)22(16)14-18-9-6-10-21(13-18)12-17-7-4-3-5-8-17/h11,17-18H,3-10,12-15H2,1-2H3. The summed E-state index contributed by atoms with van der Waals surface area (Å²) in [5.74, 6) is 2.80. The molecule has 0 radical (unpaired) electrons. The molecule has 2 aliphatic rings. The Morgan fingerprint density at radius 3 is 2.65 bits per heavy atom. The fourth-order valence-electron chi connectivity index (χ4n) is 4.46. The van der Waals surface area contributed by atoms with Crippen molar-refractivity contribution in [3.05, 3.63) is 17.7 Å². The van der Waals surface area contributed by atoms with E-state index >= 15 is 0 Å². The Morgan fingerprint density at radius 2 is 1.87 bits per heavy atom. The summed E-state index contributed by atoms with van der Waals surface area (Å²) in [6, 6.07) is 0. The SMILES string of the molecule is COCc1ncc(C)n1CC1CCCN(CC2CCCCC2)C1. The van der Waals surface area contributed by atoms with Crippen molar-refractivity contribution in [2.45, 2.75) is 65.0 Å². The molecule has 1 atom stereocenters. The number of aromatic nitrogens is 2. The van der Waals surface area contributed by atoms with Crippen LogP contribution in [0.4, 0.5) is 0 Å². The summed E-state index contributed by atoms with van der Waals surface area (Å²) < 4.78 is 7.67. The Kier molecular flexibility index (Phi) is 6.12. The summed E-state index contributed by atoms with van der Waals surface area (Å²) in [4.78, 5) is 7.25. The molecule has 23 heavy (non-hydrogen) atoms. The maximum absolute atomic E-state index is 5.30. The first-order chi connectivity index (χ1) is 11.3. The van der Waals surface area contributed by atoms with Gasteiger partial charge in [0.15, 0.2) is 0 Å². The summed E-state index contributed by atoms with van der Waals surface area (Å²) in [5.41, 5.74) is 1.27. The lowest BCUT2D eigenvalue weighted by molar-refractivity contribution is 0.126. The fourth-order valence-corrected chi connectivity index (χ4v) is 4.46. The molecule has 130 valence electrons. The lowest BCUT2D eigenvalue weighted by atomic mass is 9.88. The molecule has 0 aromatic carbocycles. The van der Waals surface area contributed by atoms with E-state index in [9.17, 15) is 0 Å². The van der Waals surface area contributed by atoms with Crippen LogP contribution in [0.25, 0.3) is 0 Å². The first-order valence-corrected chi connectivity index (χ1v) is 9.48. The summed E-state index contributed by atoms with van der Waals surface area (Å²) in [6.07, 6.45) is 12.0. The second-order valence-electron chi connectivity index (χ2n) is 7.63. The van der Waals surface area contributed by atoms with E-state index in [2.05, 4.69) is 21.4 Å². The highest BCUT2D eigenvalue weighted by atomic mass is 16.5. The monoisotopic (exact) mass is 319 g/mol. The second kappa shape index (κ2) is 8.29. The Hall–Kier alpha value is -0.870. The average Bonchev–Trinajstić information content (AvgIpc) is 2.90. The van der Waals surface area contributed by atoms with Crippen LogP contribution in [-0.4, -0.2) is 41.2 Å². The quantitative estimate of drug-likeness (QED) is 0.802. The highest BCUT2D eigenvalue weighted by molar-refractivity contribution is 5.03. The molecule has 1 saturated carbocycles. The van der Waals surface area contributed by atoms with Gasteiger partial charge in [0, 0.05) is 38.6 Å². The van der Waals surface area contributed by atoms with Crippen LogP contribution in [0.3, 0.4) is 0 Å².